The molecule has 2 aliphatic heterocycles. The third-order valence-corrected chi connectivity index (χ3v) is 15.3. The first-order valence-electron chi connectivity index (χ1n) is 24.9. The first kappa shape index (κ1) is 42.8. The number of para-hydroxylation sites is 8. The van der Waals surface area contributed by atoms with Crippen molar-refractivity contribution in [3.63, 3.8) is 0 Å². The molecular weight excluding hydrogens is 953 g/mol. The SMILES string of the molecule is [SeH]c1cc2c(cc1N(c1ccccc1)c1ccc(-n3c4ccccc4c4ccccc43)cc1)B1c3ccccc3N(c3ccccc3)c3cc(N(c4ccccc4)c4ccccc4)cc(c31)N2c1ccccc1. The van der Waals surface area contributed by atoms with Crippen molar-refractivity contribution < 1.29 is 0 Å². The zero-order valence-electron chi connectivity index (χ0n) is 39.7. The number of rotatable bonds is 9. The molecule has 14 rings (SSSR count). The zero-order valence-corrected chi connectivity index (χ0v) is 41.6. The standard InChI is InChI=1S/C66H46BN5Se/c73-65-45-61-57(44-62(65)69(48-26-10-3-11-27-48)51-38-40-52(41-39-51)70-58-35-19-16-32-54(58)55-33-17-20-36-59(55)70)67-56-34-18-21-37-60(56)71(49-28-12-4-13-29-49)63-42-53(43-64(66(63)67)72(61)50-30-14-5-15-31-50)68(46-22-6-1-7-23-46)47-24-8-2-9-25-47/h1-45,73H. The van der Waals surface area contributed by atoms with Gasteiger partial charge in [0.1, 0.15) is 0 Å². The summed E-state index contributed by atoms with van der Waals surface area (Å²) in [7, 11) is 0. The average molecular weight is 999 g/mol. The van der Waals surface area contributed by atoms with Crippen LogP contribution in [0.4, 0.5) is 68.2 Å². The first-order valence-corrected chi connectivity index (χ1v) is 25.8. The van der Waals surface area contributed by atoms with Crippen molar-refractivity contribution in [1.82, 2.24) is 4.57 Å². The molecule has 11 aromatic carbocycles. The maximum atomic E-state index is 2.94. The van der Waals surface area contributed by atoms with Gasteiger partial charge in [-0.3, -0.25) is 0 Å². The van der Waals surface area contributed by atoms with E-state index in [1.165, 1.54) is 38.2 Å². The molecule has 0 N–H and O–H groups in total. The van der Waals surface area contributed by atoms with Crippen molar-refractivity contribution in [3.8, 4) is 5.69 Å². The summed E-state index contributed by atoms with van der Waals surface area (Å²) in [5.41, 5.74) is 20.6. The van der Waals surface area contributed by atoms with Crippen LogP contribution in [-0.4, -0.2) is 27.3 Å². The van der Waals surface area contributed by atoms with Gasteiger partial charge in [-0.25, -0.2) is 0 Å². The van der Waals surface area contributed by atoms with Gasteiger partial charge >= 0.3 is 436 Å². The number of benzene rings is 11. The Morgan fingerprint density at radius 2 is 0.753 bits per heavy atom. The summed E-state index contributed by atoms with van der Waals surface area (Å²) in [5, 5.41) is 2.50. The Morgan fingerprint density at radius 3 is 1.30 bits per heavy atom. The third kappa shape index (κ3) is 7.08. The van der Waals surface area contributed by atoms with Crippen molar-refractivity contribution in [1.29, 1.82) is 0 Å². The van der Waals surface area contributed by atoms with Crippen LogP contribution in [0.5, 0.6) is 0 Å². The molecule has 3 heterocycles. The fraction of sp³-hybridized carbons (Fsp3) is 0. The molecule has 0 unspecified atom stereocenters. The van der Waals surface area contributed by atoms with E-state index in [1.807, 2.05) is 0 Å². The molecular formula is C66H46BN5Se. The van der Waals surface area contributed by atoms with E-state index < -0.39 is 0 Å². The van der Waals surface area contributed by atoms with Crippen LogP contribution in [0, 0.1) is 0 Å². The first-order chi connectivity index (χ1) is 36.2. The summed E-state index contributed by atoms with van der Waals surface area (Å²) in [6.07, 6.45) is 0. The van der Waals surface area contributed by atoms with Crippen LogP contribution in [-0.2, 0) is 0 Å². The number of anilines is 12. The van der Waals surface area contributed by atoms with Crippen LogP contribution >= 0.6 is 0 Å². The van der Waals surface area contributed by atoms with Gasteiger partial charge in [-0.2, -0.15) is 0 Å². The van der Waals surface area contributed by atoms with E-state index in [4.69, 9.17) is 0 Å². The molecule has 0 saturated carbocycles. The maximum absolute atomic E-state index is 2.94. The van der Waals surface area contributed by atoms with Gasteiger partial charge in [-0.05, 0) is 0 Å². The molecule has 0 fully saturated rings. The molecule has 0 radical (unpaired) electrons. The monoisotopic (exact) mass is 999 g/mol. The molecule has 0 spiro atoms. The van der Waals surface area contributed by atoms with Crippen LogP contribution in [0.3, 0.4) is 0 Å². The second kappa shape index (κ2) is 17.7. The fourth-order valence-electron chi connectivity index (χ4n) is 11.5. The summed E-state index contributed by atoms with van der Waals surface area (Å²) in [6.45, 7) is -0.103. The van der Waals surface area contributed by atoms with Gasteiger partial charge in [-0.1, -0.05) is 0 Å². The van der Waals surface area contributed by atoms with Crippen molar-refractivity contribution >= 4 is 134 Å². The molecule has 2 aliphatic rings. The average Bonchev–Trinajstić information content (AvgIpc) is 3.79. The van der Waals surface area contributed by atoms with Crippen molar-refractivity contribution in [2.75, 3.05) is 19.6 Å². The normalized spacial score (nSPS) is 12.4. The number of hydrogen-bond acceptors (Lipinski definition) is 4. The van der Waals surface area contributed by atoms with Gasteiger partial charge < -0.3 is 0 Å². The Bertz CT molecular complexity index is 3910. The molecule has 1 aromatic heterocycles. The molecule has 7 heteroatoms. The summed E-state index contributed by atoms with van der Waals surface area (Å²) in [4.78, 5) is 9.81. The van der Waals surface area contributed by atoms with E-state index in [1.54, 1.807) is 0 Å². The number of nitrogens with zero attached hydrogens (tertiary/aromatic N) is 5. The molecule has 0 aliphatic carbocycles. The fourth-order valence-corrected chi connectivity index (χ4v) is 12.1. The minimum absolute atomic E-state index is 0.103. The molecule has 12 aromatic rings. The van der Waals surface area contributed by atoms with Crippen LogP contribution in [0.15, 0.2) is 273 Å². The van der Waals surface area contributed by atoms with E-state index in [0.29, 0.717) is 0 Å². The Balaban J connectivity index is 1.01. The molecule has 344 valence electrons. The van der Waals surface area contributed by atoms with Gasteiger partial charge in [0.25, 0.3) is 0 Å². The summed E-state index contributed by atoms with van der Waals surface area (Å²) < 4.78 is 3.49. The van der Waals surface area contributed by atoms with Crippen molar-refractivity contribution in [3.05, 3.63) is 273 Å². The van der Waals surface area contributed by atoms with Crippen molar-refractivity contribution in [2.24, 2.45) is 0 Å². The van der Waals surface area contributed by atoms with E-state index in [0.717, 1.165) is 78.4 Å². The predicted octanol–water partition coefficient (Wildman–Crippen LogP) is 14.3. The van der Waals surface area contributed by atoms with Gasteiger partial charge in [0.05, 0.1) is 0 Å². The Morgan fingerprint density at radius 1 is 0.315 bits per heavy atom. The Hall–Kier alpha value is -9.00. The van der Waals surface area contributed by atoms with Crippen LogP contribution < -0.4 is 40.4 Å². The number of aromatic nitrogens is 1. The number of fused-ring (bicyclic) bond motifs is 7. The van der Waals surface area contributed by atoms with E-state index in [2.05, 4.69) is 313 Å². The van der Waals surface area contributed by atoms with Crippen LogP contribution in [0.1, 0.15) is 0 Å². The predicted molar refractivity (Wildman–Crippen MR) is 311 cm³/mol. The third-order valence-electron chi connectivity index (χ3n) is 14.6. The second-order valence-corrected chi connectivity index (χ2v) is 19.7. The molecule has 0 atom stereocenters. The van der Waals surface area contributed by atoms with E-state index in [-0.39, 0.29) is 6.71 Å². The van der Waals surface area contributed by atoms with E-state index >= 15 is 0 Å². The summed E-state index contributed by atoms with van der Waals surface area (Å²) in [6, 6.07) is 99.4. The minimum atomic E-state index is -0.103. The van der Waals surface area contributed by atoms with Crippen LogP contribution in [0.2, 0.25) is 0 Å². The van der Waals surface area contributed by atoms with Gasteiger partial charge in [0.15, 0.2) is 0 Å². The quantitative estimate of drug-likeness (QED) is 0.134. The molecule has 73 heavy (non-hydrogen) atoms. The van der Waals surface area contributed by atoms with Gasteiger partial charge in [0.2, 0.25) is 0 Å². The summed E-state index contributed by atoms with van der Waals surface area (Å²) in [5.74, 6) is 0. The summed E-state index contributed by atoms with van der Waals surface area (Å²) >= 11 is 2.94. The van der Waals surface area contributed by atoms with Crippen molar-refractivity contribution in [2.45, 2.75) is 0 Å². The van der Waals surface area contributed by atoms with Gasteiger partial charge in [-0.15, -0.1) is 0 Å². The van der Waals surface area contributed by atoms with Gasteiger partial charge in [0, 0.05) is 0 Å². The topological polar surface area (TPSA) is 17.9 Å². The number of hydrogen-bond donors (Lipinski definition) is 0. The van der Waals surface area contributed by atoms with E-state index in [9.17, 15) is 0 Å². The zero-order chi connectivity index (χ0) is 48.4. The molecule has 0 saturated heterocycles. The van der Waals surface area contributed by atoms with Crippen LogP contribution in [0.25, 0.3) is 27.5 Å². The molecule has 0 amide bonds. The molecule has 0 bridgehead atoms. The molecule has 5 nitrogen and oxygen atoms in total. The second-order valence-electron chi connectivity index (χ2n) is 18.7. The Kier molecular flexibility index (Phi) is 10.4. The Labute approximate surface area is 434 Å².